The van der Waals surface area contributed by atoms with Crippen molar-refractivity contribution < 1.29 is 29.1 Å². The van der Waals surface area contributed by atoms with Crippen LogP contribution in [0.2, 0.25) is 0 Å². The Labute approximate surface area is 243 Å². The zero-order valence-electron chi connectivity index (χ0n) is 23.1. The van der Waals surface area contributed by atoms with Crippen molar-refractivity contribution in [3.63, 3.8) is 0 Å². The van der Waals surface area contributed by atoms with Crippen molar-refractivity contribution in [1.82, 2.24) is 16.0 Å². The van der Waals surface area contributed by atoms with Crippen LogP contribution >= 0.6 is 0 Å². The van der Waals surface area contributed by atoms with Crippen LogP contribution in [0, 0.1) is 0 Å². The molecule has 4 amide bonds. The Morgan fingerprint density at radius 3 is 1.60 bits per heavy atom. The molecule has 0 saturated carbocycles. The molecule has 14 heteroatoms. The van der Waals surface area contributed by atoms with Gasteiger partial charge in [0.15, 0.2) is 5.96 Å². The predicted molar refractivity (Wildman–Crippen MR) is 155 cm³/mol. The molecule has 2 aromatic carbocycles. The lowest BCUT2D eigenvalue weighted by molar-refractivity contribution is -0.143. The third-order valence-electron chi connectivity index (χ3n) is 6.16. The fourth-order valence-electron chi connectivity index (χ4n) is 3.99. The first-order valence-electron chi connectivity index (χ1n) is 13.3. The average molecular weight is 583 g/mol. The number of aliphatic imine (C=N–C) groups is 1. The van der Waals surface area contributed by atoms with Gasteiger partial charge in [-0.25, -0.2) is 4.79 Å². The lowest BCUT2D eigenvalue weighted by atomic mass is 10.0. The number of carbonyl (C=O) groups excluding carboxylic acids is 4. The van der Waals surface area contributed by atoms with Crippen LogP contribution in [-0.2, 0) is 36.8 Å². The molecule has 4 unspecified atom stereocenters. The number of carbonyl (C=O) groups is 5. The molecule has 0 radical (unpaired) electrons. The first kappa shape index (κ1) is 33.2. The predicted octanol–water partition coefficient (Wildman–Crippen LogP) is -1.73. The number of nitrogens with two attached hydrogens (primary N) is 4. The lowest BCUT2D eigenvalue weighted by Gasteiger charge is -2.25. The summed E-state index contributed by atoms with van der Waals surface area (Å²) in [5, 5.41) is 17.0. The van der Waals surface area contributed by atoms with Crippen molar-refractivity contribution in [2.45, 2.75) is 56.3 Å². The van der Waals surface area contributed by atoms with Gasteiger partial charge in [0.1, 0.15) is 18.1 Å². The number of carboxylic acid groups (broad SMARTS) is 1. The molecule has 0 aliphatic rings. The van der Waals surface area contributed by atoms with Gasteiger partial charge in [-0.1, -0.05) is 60.7 Å². The number of benzene rings is 2. The minimum absolute atomic E-state index is 0.00235. The van der Waals surface area contributed by atoms with E-state index in [4.69, 9.17) is 22.9 Å². The van der Waals surface area contributed by atoms with E-state index in [9.17, 15) is 29.1 Å². The quantitative estimate of drug-likeness (QED) is 0.0597. The van der Waals surface area contributed by atoms with Gasteiger partial charge in [-0.05, 0) is 24.0 Å². The first-order chi connectivity index (χ1) is 20.0. The Bertz CT molecular complexity index is 1240. The summed E-state index contributed by atoms with van der Waals surface area (Å²) >= 11 is 0. The fourth-order valence-corrected chi connectivity index (χ4v) is 3.99. The third kappa shape index (κ3) is 12.0. The number of carboxylic acids is 1. The number of amides is 4. The van der Waals surface area contributed by atoms with E-state index in [1.165, 1.54) is 0 Å². The molecule has 0 spiro atoms. The van der Waals surface area contributed by atoms with Gasteiger partial charge in [0, 0.05) is 19.4 Å². The molecule has 0 aliphatic carbocycles. The van der Waals surface area contributed by atoms with Crippen LogP contribution in [-0.4, -0.2) is 71.4 Å². The molecule has 0 aromatic heterocycles. The highest BCUT2D eigenvalue weighted by Gasteiger charge is 2.31. The monoisotopic (exact) mass is 582 g/mol. The highest BCUT2D eigenvalue weighted by Crippen LogP contribution is 2.08. The molecule has 12 N–H and O–H groups in total. The van der Waals surface area contributed by atoms with E-state index in [1.807, 2.05) is 0 Å². The molecule has 226 valence electrons. The molecular weight excluding hydrogens is 544 g/mol. The largest absolute Gasteiger partial charge is 0.480 e. The van der Waals surface area contributed by atoms with Gasteiger partial charge in [-0.3, -0.25) is 24.2 Å². The smallest absolute Gasteiger partial charge is 0.326 e. The van der Waals surface area contributed by atoms with Gasteiger partial charge >= 0.3 is 5.97 Å². The van der Waals surface area contributed by atoms with Crippen molar-refractivity contribution >= 4 is 35.6 Å². The average Bonchev–Trinajstić information content (AvgIpc) is 2.94. The maximum Gasteiger partial charge on any atom is 0.326 e. The topological polar surface area (TPSA) is 258 Å². The second-order valence-electron chi connectivity index (χ2n) is 9.63. The van der Waals surface area contributed by atoms with Gasteiger partial charge in [-0.15, -0.1) is 0 Å². The highest BCUT2D eigenvalue weighted by atomic mass is 16.4. The molecule has 0 heterocycles. The first-order valence-corrected chi connectivity index (χ1v) is 13.3. The van der Waals surface area contributed by atoms with E-state index in [-0.39, 0.29) is 31.8 Å². The summed E-state index contributed by atoms with van der Waals surface area (Å²) in [4.78, 5) is 66.5. The van der Waals surface area contributed by atoms with Crippen LogP contribution in [0.4, 0.5) is 0 Å². The van der Waals surface area contributed by atoms with E-state index < -0.39 is 60.2 Å². The summed E-state index contributed by atoms with van der Waals surface area (Å²) in [5.41, 5.74) is 23.2. The fraction of sp³-hybridized carbons (Fsp3) is 0.357. The SMILES string of the molecule is NC(=O)CC(NC(=O)C(Cc1ccccc1)NC(=O)C(Cc1ccccc1)NC(=O)C(N)CCCN=C(N)N)C(=O)O. The van der Waals surface area contributed by atoms with Crippen LogP contribution in [0.15, 0.2) is 65.7 Å². The van der Waals surface area contributed by atoms with E-state index in [0.717, 1.165) is 5.56 Å². The Morgan fingerprint density at radius 2 is 1.17 bits per heavy atom. The Morgan fingerprint density at radius 1 is 0.714 bits per heavy atom. The number of aliphatic carboxylic acids is 1. The third-order valence-corrected chi connectivity index (χ3v) is 6.16. The molecule has 0 fully saturated rings. The van der Waals surface area contributed by atoms with E-state index >= 15 is 0 Å². The minimum Gasteiger partial charge on any atom is -0.480 e. The summed E-state index contributed by atoms with van der Waals surface area (Å²) in [7, 11) is 0. The van der Waals surface area contributed by atoms with Crippen LogP contribution < -0.4 is 38.9 Å². The number of guanidine groups is 1. The van der Waals surface area contributed by atoms with E-state index in [2.05, 4.69) is 20.9 Å². The second-order valence-corrected chi connectivity index (χ2v) is 9.63. The van der Waals surface area contributed by atoms with Crippen molar-refractivity contribution in [2.75, 3.05) is 6.54 Å². The number of rotatable bonds is 17. The molecule has 2 rings (SSSR count). The number of hydrogen-bond acceptors (Lipinski definition) is 7. The lowest BCUT2D eigenvalue weighted by Crippen LogP contribution is -2.58. The Hall–Kier alpha value is -4.98. The summed E-state index contributed by atoms with van der Waals surface area (Å²) in [6, 6.07) is 12.7. The second kappa shape index (κ2) is 17.0. The summed E-state index contributed by atoms with van der Waals surface area (Å²) in [5.74, 6) is -4.60. The molecule has 4 atom stereocenters. The van der Waals surface area contributed by atoms with Crippen LogP contribution in [0.5, 0.6) is 0 Å². The number of nitrogens with one attached hydrogen (secondary N) is 3. The van der Waals surface area contributed by atoms with Gasteiger partial charge in [0.25, 0.3) is 0 Å². The van der Waals surface area contributed by atoms with Gasteiger partial charge in [0.2, 0.25) is 23.6 Å². The standard InChI is InChI=1S/C28H38N8O6/c29-19(12-7-13-33-28(31)32)24(38)34-20(14-17-8-3-1-4-9-17)25(39)35-21(15-18-10-5-2-6-11-18)26(40)36-22(27(41)42)16-23(30)37/h1-6,8-11,19-22H,7,12-16,29H2,(H2,30,37)(H,34,38)(H,35,39)(H,36,40)(H,41,42)(H4,31,32,33). The molecule has 0 saturated heterocycles. The molecule has 0 aliphatic heterocycles. The van der Waals surface area contributed by atoms with Crippen LogP contribution in [0.25, 0.3) is 0 Å². The van der Waals surface area contributed by atoms with Crippen molar-refractivity contribution in [3.8, 4) is 0 Å². The zero-order valence-corrected chi connectivity index (χ0v) is 23.1. The Kier molecular flexibility index (Phi) is 13.4. The summed E-state index contributed by atoms with van der Waals surface area (Å²) in [6.07, 6.45) is 0.117. The summed E-state index contributed by atoms with van der Waals surface area (Å²) < 4.78 is 0. The maximum absolute atomic E-state index is 13.6. The van der Waals surface area contributed by atoms with Crippen molar-refractivity contribution in [2.24, 2.45) is 27.9 Å². The number of nitrogens with zero attached hydrogens (tertiary/aromatic N) is 1. The van der Waals surface area contributed by atoms with Crippen LogP contribution in [0.1, 0.15) is 30.4 Å². The molecule has 42 heavy (non-hydrogen) atoms. The Balaban J connectivity index is 2.26. The van der Waals surface area contributed by atoms with Gasteiger partial charge < -0.3 is 44.0 Å². The molecular formula is C28H38N8O6. The summed E-state index contributed by atoms with van der Waals surface area (Å²) in [6.45, 7) is 0.278. The van der Waals surface area contributed by atoms with E-state index in [0.29, 0.717) is 12.0 Å². The van der Waals surface area contributed by atoms with Crippen LogP contribution in [0.3, 0.4) is 0 Å². The number of primary amides is 1. The minimum atomic E-state index is -1.60. The normalized spacial score (nSPS) is 13.5. The maximum atomic E-state index is 13.6. The molecule has 14 nitrogen and oxygen atoms in total. The van der Waals surface area contributed by atoms with Crippen molar-refractivity contribution in [1.29, 1.82) is 0 Å². The number of hydrogen-bond donors (Lipinski definition) is 8. The van der Waals surface area contributed by atoms with Gasteiger partial charge in [-0.2, -0.15) is 0 Å². The molecule has 0 bridgehead atoms. The molecule has 2 aromatic rings. The van der Waals surface area contributed by atoms with Gasteiger partial charge in [0.05, 0.1) is 12.5 Å². The highest BCUT2D eigenvalue weighted by molar-refractivity contribution is 5.95. The van der Waals surface area contributed by atoms with E-state index in [1.54, 1.807) is 60.7 Å². The van der Waals surface area contributed by atoms with Crippen molar-refractivity contribution in [3.05, 3.63) is 71.8 Å². The zero-order chi connectivity index (χ0) is 31.1.